The van der Waals surface area contributed by atoms with Crippen molar-refractivity contribution in [3.63, 3.8) is 0 Å². The molecule has 0 aliphatic heterocycles. The number of aliphatic hydroxyl groups is 1. The summed E-state index contributed by atoms with van der Waals surface area (Å²) in [7, 11) is 1.94. The van der Waals surface area contributed by atoms with E-state index in [1.54, 1.807) is 0 Å². The number of hydrogen-bond acceptors (Lipinski definition) is 3. The van der Waals surface area contributed by atoms with Crippen molar-refractivity contribution >= 4 is 16.6 Å². The molecule has 0 aliphatic carbocycles. The molecule has 0 radical (unpaired) electrons. The monoisotopic (exact) mass is 319 g/mol. The number of nitrogens with zero attached hydrogens (tertiary/aromatic N) is 1. The second kappa shape index (κ2) is 7.39. The minimum Gasteiger partial charge on any atom is -0.392 e. The van der Waals surface area contributed by atoms with Crippen LogP contribution in [-0.2, 0) is 13.2 Å². The highest BCUT2D eigenvalue weighted by atomic mass is 16.3. The van der Waals surface area contributed by atoms with Crippen LogP contribution in [0.15, 0.2) is 66.7 Å². The number of carbonyl (C=O) groups is 1. The molecule has 0 spiro atoms. The molecule has 0 saturated heterocycles. The van der Waals surface area contributed by atoms with Crippen LogP contribution < -0.4 is 0 Å². The van der Waals surface area contributed by atoms with Crippen molar-refractivity contribution < 1.29 is 9.90 Å². The lowest BCUT2D eigenvalue weighted by molar-refractivity contribution is 0.0943. The minimum atomic E-state index is 0.0353. The van der Waals surface area contributed by atoms with Crippen LogP contribution in [0.3, 0.4) is 0 Å². The summed E-state index contributed by atoms with van der Waals surface area (Å²) in [6, 6.07) is 21.7. The molecule has 0 atom stereocenters. The van der Waals surface area contributed by atoms with E-state index in [9.17, 15) is 9.90 Å². The van der Waals surface area contributed by atoms with Gasteiger partial charge in [-0.25, -0.2) is 0 Å². The fourth-order valence-corrected chi connectivity index (χ4v) is 2.89. The highest BCUT2D eigenvalue weighted by molar-refractivity contribution is 6.01. The van der Waals surface area contributed by atoms with Crippen molar-refractivity contribution in [2.75, 3.05) is 13.6 Å². The molecule has 3 aromatic carbocycles. The molecule has 3 rings (SSSR count). The number of hydrogen-bond donors (Lipinski definition) is 1. The molecule has 0 bridgehead atoms. The van der Waals surface area contributed by atoms with Crippen molar-refractivity contribution in [3.8, 4) is 0 Å². The lowest BCUT2D eigenvalue weighted by Crippen LogP contribution is -2.25. The Labute approximate surface area is 142 Å². The molecule has 0 aromatic heterocycles. The van der Waals surface area contributed by atoms with E-state index in [0.717, 1.165) is 27.5 Å². The van der Waals surface area contributed by atoms with Gasteiger partial charge in [-0.2, -0.15) is 0 Å². The maximum Gasteiger partial charge on any atom is 0.176 e. The van der Waals surface area contributed by atoms with E-state index in [1.807, 2.05) is 78.7 Å². The van der Waals surface area contributed by atoms with Gasteiger partial charge in [-0.05, 0) is 35.0 Å². The lowest BCUT2D eigenvalue weighted by atomic mass is 10.0. The van der Waals surface area contributed by atoms with Crippen molar-refractivity contribution in [2.24, 2.45) is 0 Å². The quantitative estimate of drug-likeness (QED) is 0.705. The summed E-state index contributed by atoms with van der Waals surface area (Å²) >= 11 is 0. The molecular formula is C21H21NO2. The Hall–Kier alpha value is -2.49. The molecular weight excluding hydrogens is 298 g/mol. The SMILES string of the molecule is CN(CC(=O)c1ccc2ccccc2c1)Cc1cccc(CO)c1. The van der Waals surface area contributed by atoms with Crippen LogP contribution in [-0.4, -0.2) is 29.4 Å². The third kappa shape index (κ3) is 3.88. The molecule has 1 N–H and O–H groups in total. The van der Waals surface area contributed by atoms with E-state index < -0.39 is 0 Å². The fraction of sp³-hybridized carbons (Fsp3) is 0.190. The van der Waals surface area contributed by atoms with Crippen molar-refractivity contribution in [3.05, 3.63) is 83.4 Å². The first kappa shape index (κ1) is 16.4. The van der Waals surface area contributed by atoms with E-state index in [0.29, 0.717) is 13.1 Å². The first-order valence-corrected chi connectivity index (χ1v) is 8.05. The molecule has 3 nitrogen and oxygen atoms in total. The van der Waals surface area contributed by atoms with E-state index in [2.05, 4.69) is 0 Å². The van der Waals surface area contributed by atoms with E-state index in [-0.39, 0.29) is 12.4 Å². The summed E-state index contributed by atoms with van der Waals surface area (Å²) in [5.41, 5.74) is 2.72. The maximum atomic E-state index is 12.5. The largest absolute Gasteiger partial charge is 0.392 e. The van der Waals surface area contributed by atoms with Gasteiger partial charge in [0.05, 0.1) is 13.2 Å². The summed E-state index contributed by atoms with van der Waals surface area (Å²) < 4.78 is 0. The summed E-state index contributed by atoms with van der Waals surface area (Å²) in [5, 5.41) is 11.4. The zero-order chi connectivity index (χ0) is 16.9. The number of likely N-dealkylation sites (N-methyl/N-ethyl adjacent to an activating group) is 1. The molecule has 0 aliphatic rings. The molecule has 0 amide bonds. The number of benzene rings is 3. The van der Waals surface area contributed by atoms with Gasteiger partial charge in [0.1, 0.15) is 0 Å². The fourth-order valence-electron chi connectivity index (χ4n) is 2.89. The topological polar surface area (TPSA) is 40.5 Å². The number of fused-ring (bicyclic) bond motifs is 1. The van der Waals surface area contributed by atoms with Crippen molar-refractivity contribution in [1.82, 2.24) is 4.90 Å². The average Bonchev–Trinajstić information content (AvgIpc) is 2.61. The molecule has 0 unspecified atom stereocenters. The van der Waals surface area contributed by atoms with Gasteiger partial charge >= 0.3 is 0 Å². The van der Waals surface area contributed by atoms with Crippen LogP contribution in [0.5, 0.6) is 0 Å². The highest BCUT2D eigenvalue weighted by Gasteiger charge is 2.10. The van der Waals surface area contributed by atoms with Gasteiger partial charge in [0, 0.05) is 12.1 Å². The third-order valence-electron chi connectivity index (χ3n) is 4.11. The normalized spacial score (nSPS) is 11.1. The van der Waals surface area contributed by atoms with E-state index in [4.69, 9.17) is 0 Å². The van der Waals surface area contributed by atoms with Crippen molar-refractivity contribution in [1.29, 1.82) is 0 Å². The predicted molar refractivity (Wildman–Crippen MR) is 97.0 cm³/mol. The van der Waals surface area contributed by atoms with Gasteiger partial charge in [-0.15, -0.1) is 0 Å². The Morgan fingerprint density at radius 2 is 1.67 bits per heavy atom. The van der Waals surface area contributed by atoms with Gasteiger partial charge in [0.2, 0.25) is 0 Å². The Morgan fingerprint density at radius 1 is 0.917 bits per heavy atom. The van der Waals surface area contributed by atoms with E-state index >= 15 is 0 Å². The lowest BCUT2D eigenvalue weighted by Gasteiger charge is -2.16. The van der Waals surface area contributed by atoms with E-state index in [1.165, 1.54) is 0 Å². The number of aliphatic hydroxyl groups excluding tert-OH is 1. The van der Waals surface area contributed by atoms with Gasteiger partial charge in [0.25, 0.3) is 0 Å². The molecule has 24 heavy (non-hydrogen) atoms. The Kier molecular flexibility index (Phi) is 5.04. The Bertz CT molecular complexity index is 857. The Morgan fingerprint density at radius 3 is 2.46 bits per heavy atom. The second-order valence-corrected chi connectivity index (χ2v) is 6.14. The van der Waals surface area contributed by atoms with Crippen LogP contribution in [0, 0.1) is 0 Å². The average molecular weight is 319 g/mol. The number of ketones is 1. The number of rotatable bonds is 6. The maximum absolute atomic E-state index is 12.5. The molecule has 122 valence electrons. The molecule has 3 heteroatoms. The molecule has 0 heterocycles. The number of carbonyl (C=O) groups excluding carboxylic acids is 1. The summed E-state index contributed by atoms with van der Waals surface area (Å²) in [4.78, 5) is 14.5. The van der Waals surface area contributed by atoms with Crippen LogP contribution in [0.2, 0.25) is 0 Å². The molecule has 3 aromatic rings. The smallest absolute Gasteiger partial charge is 0.176 e. The van der Waals surface area contributed by atoms with Gasteiger partial charge in [-0.1, -0.05) is 60.7 Å². The minimum absolute atomic E-state index is 0.0353. The second-order valence-electron chi connectivity index (χ2n) is 6.14. The van der Waals surface area contributed by atoms with Gasteiger partial charge in [0.15, 0.2) is 5.78 Å². The van der Waals surface area contributed by atoms with Gasteiger partial charge in [-0.3, -0.25) is 9.69 Å². The standard InChI is InChI=1S/C21H21NO2/c1-22(13-16-5-4-6-17(11-16)15-23)14-21(24)20-10-9-18-7-2-3-8-19(18)12-20/h2-12,23H,13-15H2,1H3. The van der Waals surface area contributed by atoms with Crippen LogP contribution in [0.1, 0.15) is 21.5 Å². The summed E-state index contributed by atoms with van der Waals surface area (Å²) in [6.07, 6.45) is 0. The Balaban J connectivity index is 1.68. The molecule has 0 fully saturated rings. The third-order valence-corrected chi connectivity index (χ3v) is 4.11. The highest BCUT2D eigenvalue weighted by Crippen LogP contribution is 2.16. The molecule has 0 saturated carbocycles. The zero-order valence-electron chi connectivity index (χ0n) is 13.8. The first-order valence-electron chi connectivity index (χ1n) is 8.05. The first-order chi connectivity index (χ1) is 11.7. The predicted octanol–water partition coefficient (Wildman–Crippen LogP) is 3.65. The van der Waals surface area contributed by atoms with Crippen LogP contribution in [0.25, 0.3) is 10.8 Å². The van der Waals surface area contributed by atoms with Crippen LogP contribution in [0.4, 0.5) is 0 Å². The summed E-state index contributed by atoms with van der Waals surface area (Å²) in [5.74, 6) is 0.113. The summed E-state index contributed by atoms with van der Waals surface area (Å²) in [6.45, 7) is 1.07. The van der Waals surface area contributed by atoms with Crippen LogP contribution >= 0.6 is 0 Å². The zero-order valence-corrected chi connectivity index (χ0v) is 13.8. The number of Topliss-reactive ketones (excluding diaryl/α,β-unsaturated/α-hetero) is 1. The van der Waals surface area contributed by atoms with Gasteiger partial charge < -0.3 is 5.11 Å². The van der Waals surface area contributed by atoms with Crippen molar-refractivity contribution in [2.45, 2.75) is 13.2 Å².